The first kappa shape index (κ1) is 13.8. The molecular weight excluding hydrogens is 258 g/mol. The minimum Gasteiger partial charge on any atom is -0.212 e. The van der Waals surface area contributed by atoms with E-state index in [0.717, 1.165) is 16.7 Å². The van der Waals surface area contributed by atoms with E-state index in [-0.39, 0.29) is 5.75 Å². The van der Waals surface area contributed by atoms with Crippen LogP contribution >= 0.6 is 0 Å². The van der Waals surface area contributed by atoms with Gasteiger partial charge in [-0.3, -0.25) is 0 Å². The fourth-order valence-electron chi connectivity index (χ4n) is 1.74. The van der Waals surface area contributed by atoms with Crippen LogP contribution < -0.4 is 4.72 Å². The molecule has 0 aliphatic rings. The van der Waals surface area contributed by atoms with Crippen LogP contribution in [-0.2, 0) is 22.3 Å². The van der Waals surface area contributed by atoms with Crippen molar-refractivity contribution in [2.24, 2.45) is 0 Å². The Morgan fingerprint density at radius 2 is 1.53 bits per heavy atom. The van der Waals surface area contributed by atoms with E-state index in [0.29, 0.717) is 6.54 Å². The number of hydrogen-bond acceptors (Lipinski definition) is 2. The lowest BCUT2D eigenvalue weighted by molar-refractivity contribution is 0.580. The zero-order chi connectivity index (χ0) is 13.7. The Kier molecular flexibility index (Phi) is 4.35. The summed E-state index contributed by atoms with van der Waals surface area (Å²) < 4.78 is 26.5. The highest BCUT2D eigenvalue weighted by molar-refractivity contribution is 7.88. The monoisotopic (exact) mass is 275 g/mol. The summed E-state index contributed by atoms with van der Waals surface area (Å²) >= 11 is 0. The molecular formula is C15H17NO2S. The van der Waals surface area contributed by atoms with Gasteiger partial charge in [0.25, 0.3) is 0 Å². The molecule has 0 aliphatic heterocycles. The minimum absolute atomic E-state index is 0.0140. The Morgan fingerprint density at radius 1 is 0.895 bits per heavy atom. The van der Waals surface area contributed by atoms with Crippen LogP contribution in [0.2, 0.25) is 0 Å². The molecule has 0 bridgehead atoms. The Bertz CT molecular complexity index is 619. The summed E-state index contributed by atoms with van der Waals surface area (Å²) in [6.07, 6.45) is 0. The first-order chi connectivity index (χ1) is 9.05. The van der Waals surface area contributed by atoms with Gasteiger partial charge in [-0.15, -0.1) is 0 Å². The van der Waals surface area contributed by atoms with Crippen molar-refractivity contribution < 1.29 is 8.42 Å². The lowest BCUT2D eigenvalue weighted by atomic mass is 10.2. The third-order valence-electron chi connectivity index (χ3n) is 2.82. The molecule has 100 valence electrons. The summed E-state index contributed by atoms with van der Waals surface area (Å²) in [6, 6.07) is 17.0. The number of hydrogen-bond donors (Lipinski definition) is 1. The van der Waals surface area contributed by atoms with E-state index in [1.165, 1.54) is 0 Å². The van der Waals surface area contributed by atoms with Crippen LogP contribution in [0.15, 0.2) is 54.6 Å². The summed E-state index contributed by atoms with van der Waals surface area (Å²) in [5.41, 5.74) is 2.87. The van der Waals surface area contributed by atoms with E-state index in [1.807, 2.05) is 61.5 Å². The van der Waals surface area contributed by atoms with Gasteiger partial charge in [-0.05, 0) is 18.1 Å². The summed E-state index contributed by atoms with van der Waals surface area (Å²) in [4.78, 5) is 0. The van der Waals surface area contributed by atoms with Crippen molar-refractivity contribution in [3.05, 3.63) is 71.3 Å². The van der Waals surface area contributed by atoms with Gasteiger partial charge in [0, 0.05) is 6.54 Å². The van der Waals surface area contributed by atoms with Crippen molar-refractivity contribution in [1.82, 2.24) is 4.72 Å². The molecule has 2 aromatic rings. The van der Waals surface area contributed by atoms with Gasteiger partial charge in [-0.1, -0.05) is 60.2 Å². The molecule has 0 aromatic heterocycles. The second-order valence-electron chi connectivity index (χ2n) is 4.55. The van der Waals surface area contributed by atoms with Gasteiger partial charge >= 0.3 is 0 Å². The van der Waals surface area contributed by atoms with Crippen molar-refractivity contribution in [3.63, 3.8) is 0 Å². The first-order valence-corrected chi connectivity index (χ1v) is 7.77. The second kappa shape index (κ2) is 5.99. The lowest BCUT2D eigenvalue weighted by Gasteiger charge is -2.07. The molecule has 0 radical (unpaired) electrons. The number of nitrogens with one attached hydrogen (secondary N) is 1. The quantitative estimate of drug-likeness (QED) is 0.911. The van der Waals surface area contributed by atoms with Gasteiger partial charge in [0.2, 0.25) is 10.0 Å². The molecule has 19 heavy (non-hydrogen) atoms. The van der Waals surface area contributed by atoms with Crippen molar-refractivity contribution >= 4 is 10.0 Å². The first-order valence-electron chi connectivity index (χ1n) is 6.12. The zero-order valence-corrected chi connectivity index (χ0v) is 11.7. The van der Waals surface area contributed by atoms with E-state index in [1.54, 1.807) is 0 Å². The SMILES string of the molecule is Cc1ccc(CS(=O)(=O)NCc2ccccc2)cc1. The van der Waals surface area contributed by atoms with Crippen LogP contribution in [0.4, 0.5) is 0 Å². The normalized spacial score (nSPS) is 11.4. The van der Waals surface area contributed by atoms with Gasteiger partial charge < -0.3 is 0 Å². The maximum absolute atomic E-state index is 11.9. The van der Waals surface area contributed by atoms with Crippen molar-refractivity contribution in [2.45, 2.75) is 19.2 Å². The maximum atomic E-state index is 11.9. The highest BCUT2D eigenvalue weighted by Gasteiger charge is 2.10. The minimum atomic E-state index is -3.30. The number of benzene rings is 2. The van der Waals surface area contributed by atoms with E-state index < -0.39 is 10.0 Å². The van der Waals surface area contributed by atoms with E-state index in [4.69, 9.17) is 0 Å². The fourth-order valence-corrected chi connectivity index (χ4v) is 2.86. The summed E-state index contributed by atoms with van der Waals surface area (Å²) in [5, 5.41) is 0. The topological polar surface area (TPSA) is 46.2 Å². The largest absolute Gasteiger partial charge is 0.216 e. The Labute approximate surface area is 114 Å². The molecule has 4 heteroatoms. The van der Waals surface area contributed by atoms with Crippen molar-refractivity contribution in [1.29, 1.82) is 0 Å². The summed E-state index contributed by atoms with van der Waals surface area (Å²) in [6.45, 7) is 2.31. The van der Waals surface area contributed by atoms with Gasteiger partial charge in [0.05, 0.1) is 5.75 Å². The Morgan fingerprint density at radius 3 is 2.16 bits per heavy atom. The number of aryl methyl sites for hydroxylation is 1. The molecule has 0 fully saturated rings. The predicted molar refractivity (Wildman–Crippen MR) is 77.1 cm³/mol. The molecule has 2 aromatic carbocycles. The van der Waals surface area contributed by atoms with E-state index >= 15 is 0 Å². The van der Waals surface area contributed by atoms with Crippen LogP contribution in [0.1, 0.15) is 16.7 Å². The molecule has 0 heterocycles. The molecule has 1 N–H and O–H groups in total. The molecule has 0 spiro atoms. The highest BCUT2D eigenvalue weighted by atomic mass is 32.2. The van der Waals surface area contributed by atoms with Crippen molar-refractivity contribution in [2.75, 3.05) is 0 Å². The van der Waals surface area contributed by atoms with Gasteiger partial charge in [0.15, 0.2) is 0 Å². The van der Waals surface area contributed by atoms with Crippen LogP contribution in [0.3, 0.4) is 0 Å². The van der Waals surface area contributed by atoms with Gasteiger partial charge in [-0.25, -0.2) is 13.1 Å². The standard InChI is InChI=1S/C15H17NO2S/c1-13-7-9-15(10-8-13)12-19(17,18)16-11-14-5-3-2-4-6-14/h2-10,16H,11-12H2,1H3. The maximum Gasteiger partial charge on any atom is 0.216 e. The number of rotatable bonds is 5. The molecule has 2 rings (SSSR count). The average Bonchev–Trinajstić information content (AvgIpc) is 2.40. The molecule has 0 aliphatic carbocycles. The van der Waals surface area contributed by atoms with E-state index in [2.05, 4.69) is 4.72 Å². The molecule has 0 saturated carbocycles. The zero-order valence-electron chi connectivity index (χ0n) is 10.8. The lowest BCUT2D eigenvalue weighted by Crippen LogP contribution is -2.24. The predicted octanol–water partition coefficient (Wildman–Crippen LogP) is 2.61. The summed E-state index contributed by atoms with van der Waals surface area (Å²) in [5.74, 6) is 0.0140. The summed E-state index contributed by atoms with van der Waals surface area (Å²) in [7, 11) is -3.30. The van der Waals surface area contributed by atoms with Crippen LogP contribution in [0.25, 0.3) is 0 Å². The third-order valence-corrected chi connectivity index (χ3v) is 4.11. The fraction of sp³-hybridized carbons (Fsp3) is 0.200. The molecule has 3 nitrogen and oxygen atoms in total. The van der Waals surface area contributed by atoms with Crippen LogP contribution in [0.5, 0.6) is 0 Å². The van der Waals surface area contributed by atoms with Gasteiger partial charge in [0.1, 0.15) is 0 Å². The molecule has 0 unspecified atom stereocenters. The smallest absolute Gasteiger partial charge is 0.212 e. The second-order valence-corrected chi connectivity index (χ2v) is 6.36. The van der Waals surface area contributed by atoms with Crippen LogP contribution in [-0.4, -0.2) is 8.42 Å². The average molecular weight is 275 g/mol. The molecule has 0 atom stereocenters. The van der Waals surface area contributed by atoms with Crippen molar-refractivity contribution in [3.8, 4) is 0 Å². The highest BCUT2D eigenvalue weighted by Crippen LogP contribution is 2.07. The van der Waals surface area contributed by atoms with Crippen LogP contribution in [0, 0.1) is 6.92 Å². The van der Waals surface area contributed by atoms with E-state index in [9.17, 15) is 8.42 Å². The number of sulfonamides is 1. The third kappa shape index (κ3) is 4.50. The molecule has 0 amide bonds. The van der Waals surface area contributed by atoms with Gasteiger partial charge in [-0.2, -0.15) is 0 Å². The Balaban J connectivity index is 1.97. The molecule has 0 saturated heterocycles. The Hall–Kier alpha value is -1.65.